The number of aliphatic hydroxyl groups is 1. The molecule has 2 heteroatoms. The van der Waals surface area contributed by atoms with Gasteiger partial charge in [-0.2, -0.15) is 0 Å². The van der Waals surface area contributed by atoms with Crippen LogP contribution in [0.1, 0.15) is 36.2 Å². The van der Waals surface area contributed by atoms with Crippen LogP contribution < -0.4 is 0 Å². The van der Waals surface area contributed by atoms with Crippen molar-refractivity contribution >= 4 is 6.29 Å². The molecule has 1 N–H and O–H groups in total. The molecule has 0 saturated heterocycles. The number of carbonyl (C=O) groups excluding carboxylic acids is 1. The number of benzene rings is 1. The van der Waals surface area contributed by atoms with E-state index in [1.807, 2.05) is 12.1 Å². The van der Waals surface area contributed by atoms with Crippen LogP contribution in [0.3, 0.4) is 0 Å². The zero-order chi connectivity index (χ0) is 10.6. The second-order valence-corrected chi connectivity index (χ2v) is 4.17. The minimum absolute atomic E-state index is 0.622. The fourth-order valence-corrected chi connectivity index (χ4v) is 1.21. The van der Waals surface area contributed by atoms with E-state index in [2.05, 4.69) is 0 Å². The Labute approximate surface area is 84.6 Å². The monoisotopic (exact) mass is 192 g/mol. The number of carbonyl (C=O) groups is 1. The highest BCUT2D eigenvalue weighted by Gasteiger charge is 2.11. The van der Waals surface area contributed by atoms with Crippen LogP contribution >= 0.6 is 0 Å². The molecule has 1 aromatic rings. The summed E-state index contributed by atoms with van der Waals surface area (Å²) in [5.74, 6) is 0. The van der Waals surface area contributed by atoms with E-state index < -0.39 is 5.60 Å². The summed E-state index contributed by atoms with van der Waals surface area (Å²) in [4.78, 5) is 10.4. The molecule has 0 unspecified atom stereocenters. The van der Waals surface area contributed by atoms with Crippen molar-refractivity contribution < 1.29 is 9.90 Å². The first-order valence-corrected chi connectivity index (χ1v) is 4.78. The average molecular weight is 192 g/mol. The highest BCUT2D eigenvalue weighted by atomic mass is 16.3. The third-order valence-electron chi connectivity index (χ3n) is 2.14. The fourth-order valence-electron chi connectivity index (χ4n) is 1.21. The van der Waals surface area contributed by atoms with Gasteiger partial charge in [0.15, 0.2) is 0 Å². The quantitative estimate of drug-likeness (QED) is 0.742. The van der Waals surface area contributed by atoms with Gasteiger partial charge < -0.3 is 5.11 Å². The third kappa shape index (κ3) is 3.71. The Balaban J connectivity index is 2.56. The van der Waals surface area contributed by atoms with Gasteiger partial charge in [0.25, 0.3) is 0 Å². The molecule has 0 aromatic heterocycles. The van der Waals surface area contributed by atoms with Gasteiger partial charge >= 0.3 is 0 Å². The fraction of sp³-hybridized carbons (Fsp3) is 0.417. The van der Waals surface area contributed by atoms with Gasteiger partial charge in [-0.1, -0.05) is 24.3 Å². The number of hydrogen-bond donors (Lipinski definition) is 1. The van der Waals surface area contributed by atoms with Crippen molar-refractivity contribution in [3.63, 3.8) is 0 Å². The molecule has 76 valence electrons. The molecular formula is C12H16O2. The first-order valence-electron chi connectivity index (χ1n) is 4.78. The predicted octanol–water partition coefficient (Wildman–Crippen LogP) is 2.20. The predicted molar refractivity (Wildman–Crippen MR) is 56.4 cm³/mol. The Hall–Kier alpha value is -1.15. The zero-order valence-corrected chi connectivity index (χ0v) is 8.66. The molecule has 0 atom stereocenters. The van der Waals surface area contributed by atoms with E-state index in [0.29, 0.717) is 5.56 Å². The van der Waals surface area contributed by atoms with Crippen LogP contribution in [0.4, 0.5) is 0 Å². The molecule has 0 spiro atoms. The Morgan fingerprint density at radius 1 is 1.29 bits per heavy atom. The maximum Gasteiger partial charge on any atom is 0.150 e. The molecule has 14 heavy (non-hydrogen) atoms. The van der Waals surface area contributed by atoms with Crippen molar-refractivity contribution in [1.29, 1.82) is 0 Å². The summed E-state index contributed by atoms with van der Waals surface area (Å²) >= 11 is 0. The Morgan fingerprint density at radius 2 is 1.86 bits per heavy atom. The van der Waals surface area contributed by atoms with Crippen LogP contribution in [0.15, 0.2) is 24.3 Å². The topological polar surface area (TPSA) is 37.3 Å². The van der Waals surface area contributed by atoms with Crippen LogP contribution in [-0.2, 0) is 6.42 Å². The average Bonchev–Trinajstić information content (AvgIpc) is 2.14. The summed E-state index contributed by atoms with van der Waals surface area (Å²) in [6, 6.07) is 7.45. The van der Waals surface area contributed by atoms with Gasteiger partial charge in [-0.15, -0.1) is 0 Å². The molecular weight excluding hydrogens is 176 g/mol. The third-order valence-corrected chi connectivity index (χ3v) is 2.14. The summed E-state index contributed by atoms with van der Waals surface area (Å²) in [6.45, 7) is 3.60. The molecule has 2 nitrogen and oxygen atoms in total. The molecule has 0 fully saturated rings. The second-order valence-electron chi connectivity index (χ2n) is 4.17. The van der Waals surface area contributed by atoms with Crippen LogP contribution in [0, 0.1) is 0 Å². The SMILES string of the molecule is CC(C)(O)CCc1ccc(C=O)cc1. The van der Waals surface area contributed by atoms with E-state index in [-0.39, 0.29) is 0 Å². The van der Waals surface area contributed by atoms with Crippen molar-refractivity contribution in [3.05, 3.63) is 35.4 Å². The molecule has 0 aliphatic rings. The minimum Gasteiger partial charge on any atom is -0.390 e. The number of aryl methyl sites for hydroxylation is 1. The first-order chi connectivity index (χ1) is 6.51. The number of aldehydes is 1. The van der Waals surface area contributed by atoms with Crippen molar-refractivity contribution in [3.8, 4) is 0 Å². The molecule has 0 aliphatic heterocycles. The molecule has 0 saturated carbocycles. The summed E-state index contributed by atoms with van der Waals surface area (Å²) in [7, 11) is 0. The largest absolute Gasteiger partial charge is 0.390 e. The standard InChI is InChI=1S/C12H16O2/c1-12(2,14)8-7-10-3-5-11(9-13)6-4-10/h3-6,9,14H,7-8H2,1-2H3. The Bertz CT molecular complexity index is 293. The van der Waals surface area contributed by atoms with E-state index in [4.69, 9.17) is 0 Å². The molecule has 0 radical (unpaired) electrons. The van der Waals surface area contributed by atoms with E-state index in [1.54, 1.807) is 26.0 Å². The maximum absolute atomic E-state index is 10.4. The van der Waals surface area contributed by atoms with Crippen molar-refractivity contribution in [1.82, 2.24) is 0 Å². The summed E-state index contributed by atoms with van der Waals surface area (Å²) in [5, 5.41) is 9.52. The zero-order valence-electron chi connectivity index (χ0n) is 8.66. The number of hydrogen-bond acceptors (Lipinski definition) is 2. The van der Waals surface area contributed by atoms with Gasteiger partial charge in [0.2, 0.25) is 0 Å². The lowest BCUT2D eigenvalue weighted by Gasteiger charge is -2.16. The van der Waals surface area contributed by atoms with E-state index in [1.165, 1.54) is 0 Å². The summed E-state index contributed by atoms with van der Waals surface area (Å²) < 4.78 is 0. The molecule has 1 aromatic carbocycles. The molecule has 0 aliphatic carbocycles. The van der Waals surface area contributed by atoms with Crippen molar-refractivity contribution in [2.45, 2.75) is 32.3 Å². The lowest BCUT2D eigenvalue weighted by atomic mass is 9.98. The Kier molecular flexibility index (Phi) is 3.42. The van der Waals surface area contributed by atoms with Gasteiger partial charge in [0.1, 0.15) is 6.29 Å². The Morgan fingerprint density at radius 3 is 2.29 bits per heavy atom. The maximum atomic E-state index is 10.4. The number of rotatable bonds is 4. The van der Waals surface area contributed by atoms with Gasteiger partial charge in [0, 0.05) is 5.56 Å². The second kappa shape index (κ2) is 4.38. The van der Waals surface area contributed by atoms with E-state index >= 15 is 0 Å². The van der Waals surface area contributed by atoms with Crippen molar-refractivity contribution in [2.75, 3.05) is 0 Å². The normalized spacial score (nSPS) is 11.4. The van der Waals surface area contributed by atoms with Gasteiger partial charge in [-0.05, 0) is 32.3 Å². The van der Waals surface area contributed by atoms with Crippen LogP contribution in [0.2, 0.25) is 0 Å². The summed E-state index contributed by atoms with van der Waals surface area (Å²) in [6.07, 6.45) is 2.40. The van der Waals surface area contributed by atoms with E-state index in [9.17, 15) is 9.90 Å². The first kappa shape index (κ1) is 10.9. The molecule has 0 amide bonds. The summed E-state index contributed by atoms with van der Waals surface area (Å²) in [5.41, 5.74) is 1.22. The lowest BCUT2D eigenvalue weighted by Crippen LogP contribution is -2.19. The molecule has 0 bridgehead atoms. The highest BCUT2D eigenvalue weighted by Crippen LogP contribution is 2.13. The molecule has 0 heterocycles. The highest BCUT2D eigenvalue weighted by molar-refractivity contribution is 5.74. The smallest absolute Gasteiger partial charge is 0.150 e. The van der Waals surface area contributed by atoms with Gasteiger partial charge in [-0.3, -0.25) is 4.79 Å². The van der Waals surface area contributed by atoms with Crippen molar-refractivity contribution in [2.24, 2.45) is 0 Å². The van der Waals surface area contributed by atoms with Crippen LogP contribution in [0.5, 0.6) is 0 Å². The van der Waals surface area contributed by atoms with Crippen LogP contribution in [0.25, 0.3) is 0 Å². The van der Waals surface area contributed by atoms with Crippen LogP contribution in [-0.4, -0.2) is 17.0 Å². The van der Waals surface area contributed by atoms with E-state index in [0.717, 1.165) is 24.7 Å². The van der Waals surface area contributed by atoms with Gasteiger partial charge in [0.05, 0.1) is 5.60 Å². The lowest BCUT2D eigenvalue weighted by molar-refractivity contribution is 0.0714. The van der Waals surface area contributed by atoms with Gasteiger partial charge in [-0.25, -0.2) is 0 Å². The molecule has 1 rings (SSSR count). The minimum atomic E-state index is -0.622.